The number of hydrogen-bond donors (Lipinski definition) is 1. The van der Waals surface area contributed by atoms with Crippen molar-refractivity contribution in [1.82, 2.24) is 9.29 Å². The van der Waals surface area contributed by atoms with E-state index >= 15 is 0 Å². The second-order valence-electron chi connectivity index (χ2n) is 7.37. The molecule has 1 atom stereocenters. The molecule has 1 saturated heterocycles. The average molecular weight is 408 g/mol. The number of hydrogen-bond acceptors (Lipinski definition) is 4. The fraction of sp³-hybridized carbons (Fsp3) is 0.261. The Morgan fingerprint density at radius 3 is 2.48 bits per heavy atom. The molecule has 2 aromatic carbocycles. The third-order valence-corrected chi connectivity index (χ3v) is 7.24. The molecule has 0 unspecified atom stereocenters. The fourth-order valence-electron chi connectivity index (χ4n) is 3.80. The van der Waals surface area contributed by atoms with E-state index in [0.29, 0.717) is 17.3 Å². The van der Waals surface area contributed by atoms with Gasteiger partial charge in [0.15, 0.2) is 0 Å². The summed E-state index contributed by atoms with van der Waals surface area (Å²) in [5, 5.41) is 3.36. The van der Waals surface area contributed by atoms with Crippen molar-refractivity contribution in [3.63, 3.8) is 0 Å². The monoisotopic (exact) mass is 407 g/mol. The minimum Gasteiger partial charge on any atom is -0.340 e. The molecular formula is C23H25N3O2S. The van der Waals surface area contributed by atoms with Crippen molar-refractivity contribution in [1.29, 1.82) is 0 Å². The summed E-state index contributed by atoms with van der Waals surface area (Å²) in [4.78, 5) is 4.86. The molecule has 0 amide bonds. The van der Waals surface area contributed by atoms with E-state index in [4.69, 9.17) is 0 Å². The summed E-state index contributed by atoms with van der Waals surface area (Å²) in [5.41, 5.74) is 2.88. The van der Waals surface area contributed by atoms with Crippen LogP contribution in [0.25, 0.3) is 0 Å². The molecule has 4 rings (SSSR count). The molecule has 1 aliphatic heterocycles. The van der Waals surface area contributed by atoms with Crippen LogP contribution in [0.3, 0.4) is 0 Å². The van der Waals surface area contributed by atoms with Gasteiger partial charge < -0.3 is 5.32 Å². The van der Waals surface area contributed by atoms with Crippen molar-refractivity contribution in [3.05, 3.63) is 84.1 Å². The summed E-state index contributed by atoms with van der Waals surface area (Å²) in [6.45, 7) is 2.47. The van der Waals surface area contributed by atoms with E-state index in [9.17, 15) is 8.42 Å². The number of rotatable bonds is 5. The van der Waals surface area contributed by atoms with Gasteiger partial charge in [-0.1, -0.05) is 48.4 Å². The summed E-state index contributed by atoms with van der Waals surface area (Å²) in [6, 6.07) is 20.5. The minimum absolute atomic E-state index is 0.241. The maximum absolute atomic E-state index is 13.4. The van der Waals surface area contributed by atoms with E-state index in [0.717, 1.165) is 36.1 Å². The molecule has 3 aromatic rings. The third kappa shape index (κ3) is 4.18. The van der Waals surface area contributed by atoms with Crippen LogP contribution in [0.2, 0.25) is 0 Å². The number of nitrogens with zero attached hydrogens (tertiary/aromatic N) is 2. The largest absolute Gasteiger partial charge is 0.340 e. The highest BCUT2D eigenvalue weighted by Crippen LogP contribution is 2.38. The van der Waals surface area contributed by atoms with E-state index in [2.05, 4.69) is 10.3 Å². The van der Waals surface area contributed by atoms with Gasteiger partial charge in [-0.25, -0.2) is 13.4 Å². The van der Waals surface area contributed by atoms with E-state index in [-0.39, 0.29) is 6.04 Å². The first kappa shape index (κ1) is 19.6. The van der Waals surface area contributed by atoms with Crippen molar-refractivity contribution in [3.8, 4) is 0 Å². The van der Waals surface area contributed by atoms with Crippen LogP contribution in [-0.4, -0.2) is 24.3 Å². The highest BCUT2D eigenvalue weighted by atomic mass is 32.2. The summed E-state index contributed by atoms with van der Waals surface area (Å²) < 4.78 is 28.5. The number of benzene rings is 2. The van der Waals surface area contributed by atoms with Crippen LogP contribution in [0.5, 0.6) is 0 Å². The Hall–Kier alpha value is -2.70. The SMILES string of the molecule is Cc1ccc(S(=O)(=O)N2CCCC[C@H]2c2cccnc2Nc2ccccc2)cc1. The first-order valence-electron chi connectivity index (χ1n) is 9.91. The number of pyridine rings is 1. The molecule has 5 nitrogen and oxygen atoms in total. The van der Waals surface area contributed by atoms with E-state index in [1.165, 1.54) is 0 Å². The van der Waals surface area contributed by atoms with E-state index in [1.54, 1.807) is 22.6 Å². The van der Waals surface area contributed by atoms with Crippen molar-refractivity contribution in [2.75, 3.05) is 11.9 Å². The third-order valence-electron chi connectivity index (χ3n) is 5.32. The van der Waals surface area contributed by atoms with Crippen molar-refractivity contribution < 1.29 is 8.42 Å². The summed E-state index contributed by atoms with van der Waals surface area (Å²) in [5.74, 6) is 0.703. The highest BCUT2D eigenvalue weighted by molar-refractivity contribution is 7.89. The van der Waals surface area contributed by atoms with Gasteiger partial charge >= 0.3 is 0 Å². The molecule has 6 heteroatoms. The van der Waals surface area contributed by atoms with Gasteiger partial charge in [-0.05, 0) is 50.1 Å². The number of aromatic nitrogens is 1. The normalized spacial score (nSPS) is 17.8. The lowest BCUT2D eigenvalue weighted by molar-refractivity contribution is 0.256. The Morgan fingerprint density at radius 2 is 1.72 bits per heavy atom. The van der Waals surface area contributed by atoms with Gasteiger partial charge in [0.2, 0.25) is 10.0 Å². The summed E-state index contributed by atoms with van der Waals surface area (Å²) in [7, 11) is -3.59. The maximum atomic E-state index is 13.4. The molecule has 0 spiro atoms. The van der Waals surface area contributed by atoms with E-state index in [1.807, 2.05) is 61.5 Å². The van der Waals surface area contributed by atoms with Gasteiger partial charge in [-0.3, -0.25) is 0 Å². The van der Waals surface area contributed by atoms with Crippen molar-refractivity contribution in [2.45, 2.75) is 37.1 Å². The fourth-order valence-corrected chi connectivity index (χ4v) is 5.47. The van der Waals surface area contributed by atoms with Crippen LogP contribution >= 0.6 is 0 Å². The Bertz CT molecular complexity index is 1070. The minimum atomic E-state index is -3.59. The average Bonchev–Trinajstić information content (AvgIpc) is 2.75. The van der Waals surface area contributed by atoms with Gasteiger partial charge in [-0.2, -0.15) is 4.31 Å². The van der Waals surface area contributed by atoms with Crippen LogP contribution < -0.4 is 5.32 Å². The molecule has 0 bridgehead atoms. The first-order chi connectivity index (χ1) is 14.1. The lowest BCUT2D eigenvalue weighted by atomic mass is 9.98. The number of sulfonamides is 1. The van der Waals surface area contributed by atoms with Crippen LogP contribution in [-0.2, 0) is 10.0 Å². The summed E-state index contributed by atoms with van der Waals surface area (Å²) >= 11 is 0. The number of para-hydroxylation sites is 1. The second-order valence-corrected chi connectivity index (χ2v) is 9.26. The zero-order chi connectivity index (χ0) is 20.3. The molecule has 150 valence electrons. The van der Waals surface area contributed by atoms with Gasteiger partial charge in [0.25, 0.3) is 0 Å². The van der Waals surface area contributed by atoms with Gasteiger partial charge in [0.1, 0.15) is 5.82 Å². The molecule has 0 radical (unpaired) electrons. The smallest absolute Gasteiger partial charge is 0.243 e. The predicted molar refractivity (Wildman–Crippen MR) is 116 cm³/mol. The first-order valence-corrected chi connectivity index (χ1v) is 11.4. The Morgan fingerprint density at radius 1 is 0.966 bits per heavy atom. The molecule has 1 aromatic heterocycles. The van der Waals surface area contributed by atoms with E-state index < -0.39 is 10.0 Å². The van der Waals surface area contributed by atoms with Crippen molar-refractivity contribution in [2.24, 2.45) is 0 Å². The van der Waals surface area contributed by atoms with Crippen LogP contribution in [0.1, 0.15) is 36.4 Å². The topological polar surface area (TPSA) is 62.3 Å². The van der Waals surface area contributed by atoms with Crippen molar-refractivity contribution >= 4 is 21.5 Å². The maximum Gasteiger partial charge on any atom is 0.243 e. The predicted octanol–water partition coefficient (Wildman–Crippen LogP) is 5.05. The molecule has 29 heavy (non-hydrogen) atoms. The number of nitrogens with one attached hydrogen (secondary N) is 1. The molecule has 0 saturated carbocycles. The Balaban J connectivity index is 1.71. The standard InChI is InChI=1S/C23H25N3O2S/c1-18-12-14-20(15-13-18)29(27,28)26-17-6-5-11-22(26)21-10-7-16-24-23(21)25-19-8-3-2-4-9-19/h2-4,7-10,12-16,22H,5-6,11,17H2,1H3,(H,24,25)/t22-/m0/s1. The highest BCUT2D eigenvalue weighted by Gasteiger charge is 2.35. The zero-order valence-electron chi connectivity index (χ0n) is 16.5. The van der Waals surface area contributed by atoms with Crippen LogP contribution in [0.15, 0.2) is 77.8 Å². The lowest BCUT2D eigenvalue weighted by Crippen LogP contribution is -2.38. The Kier molecular flexibility index (Phi) is 5.65. The van der Waals surface area contributed by atoms with Gasteiger partial charge in [0.05, 0.1) is 10.9 Å². The molecule has 1 N–H and O–H groups in total. The van der Waals surface area contributed by atoms with Gasteiger partial charge in [0, 0.05) is 24.0 Å². The molecular weight excluding hydrogens is 382 g/mol. The number of anilines is 2. The zero-order valence-corrected chi connectivity index (χ0v) is 17.3. The number of aryl methyl sites for hydroxylation is 1. The molecule has 2 heterocycles. The quantitative estimate of drug-likeness (QED) is 0.643. The lowest BCUT2D eigenvalue weighted by Gasteiger charge is -2.35. The molecule has 1 fully saturated rings. The second kappa shape index (κ2) is 8.35. The Labute approximate surface area is 172 Å². The number of piperidine rings is 1. The van der Waals surface area contributed by atoms with Crippen LogP contribution in [0, 0.1) is 6.92 Å². The van der Waals surface area contributed by atoms with Gasteiger partial charge in [-0.15, -0.1) is 0 Å². The summed E-state index contributed by atoms with van der Waals surface area (Å²) in [6.07, 6.45) is 4.37. The molecule has 0 aliphatic carbocycles. The molecule has 1 aliphatic rings. The van der Waals surface area contributed by atoms with Crippen LogP contribution in [0.4, 0.5) is 11.5 Å².